The maximum Gasteiger partial charge on any atom is 0.461 e. The van der Waals surface area contributed by atoms with Crippen LogP contribution in [0.1, 0.15) is 24.8 Å². The predicted octanol–water partition coefficient (Wildman–Crippen LogP) is 6.32. The minimum Gasteiger partial charge on any atom is -0.429 e. The van der Waals surface area contributed by atoms with Crippen molar-refractivity contribution in [3.63, 3.8) is 0 Å². The number of allylic oxidation sites excluding steroid dienone is 5. The molecule has 0 radical (unpaired) electrons. The summed E-state index contributed by atoms with van der Waals surface area (Å²) in [7, 11) is 0. The third-order valence-corrected chi connectivity index (χ3v) is 6.47. The number of aliphatic hydroxyl groups is 1. The number of hydrogen-bond acceptors (Lipinski definition) is 4. The first-order valence-electron chi connectivity index (χ1n) is 12.0. The Labute approximate surface area is 219 Å². The molecule has 4 atom stereocenters. The van der Waals surface area contributed by atoms with Crippen molar-refractivity contribution in [1.29, 1.82) is 5.26 Å². The molecule has 4 nitrogen and oxygen atoms in total. The molecule has 0 fully saturated rings. The fourth-order valence-electron chi connectivity index (χ4n) is 4.72. The summed E-state index contributed by atoms with van der Waals surface area (Å²) in [6, 6.07) is 10.4. The fraction of sp³-hybridized carbons (Fsp3) is 0.444. The van der Waals surface area contributed by atoms with Crippen LogP contribution in [0.2, 0.25) is 0 Å². The predicted molar refractivity (Wildman–Crippen MR) is 126 cm³/mol. The zero-order valence-corrected chi connectivity index (χ0v) is 20.4. The van der Waals surface area contributed by atoms with E-state index in [1.807, 2.05) is 6.07 Å². The Morgan fingerprint density at radius 1 is 1.13 bits per heavy atom. The zero-order valence-electron chi connectivity index (χ0n) is 20.4. The highest BCUT2D eigenvalue weighted by molar-refractivity contribution is 5.42. The van der Waals surface area contributed by atoms with Gasteiger partial charge in [0.2, 0.25) is 0 Å². The number of β-amino-alcohol motifs (C(OH)–C–C–N with tert-alkyl or cyclic N) is 1. The van der Waals surface area contributed by atoms with E-state index in [0.29, 0.717) is 17.2 Å². The Hall–Kier alpha value is -3.17. The molecule has 2 aliphatic carbocycles. The van der Waals surface area contributed by atoms with Crippen molar-refractivity contribution in [2.45, 2.75) is 62.2 Å². The number of aliphatic hydroxyl groups excluding tert-OH is 1. The lowest BCUT2D eigenvalue weighted by Gasteiger charge is -2.45. The lowest BCUT2D eigenvalue weighted by Crippen LogP contribution is -2.57. The van der Waals surface area contributed by atoms with Gasteiger partial charge in [-0.05, 0) is 42.2 Å². The van der Waals surface area contributed by atoms with Crippen LogP contribution < -0.4 is 5.32 Å². The molecular formula is C27H26F8N2O2. The Morgan fingerprint density at radius 3 is 2.38 bits per heavy atom. The van der Waals surface area contributed by atoms with Crippen molar-refractivity contribution in [3.05, 3.63) is 83.2 Å². The van der Waals surface area contributed by atoms with Gasteiger partial charge in [-0.15, -0.1) is 0 Å². The van der Waals surface area contributed by atoms with Crippen LogP contribution in [-0.4, -0.2) is 48.2 Å². The number of hydrogen-bond donors (Lipinski definition) is 2. The summed E-state index contributed by atoms with van der Waals surface area (Å²) in [5.41, 5.74) is -0.498. The van der Waals surface area contributed by atoms with E-state index in [0.717, 1.165) is 6.08 Å². The molecule has 0 saturated carbocycles. The second-order valence-corrected chi connectivity index (χ2v) is 9.38. The second-order valence-electron chi connectivity index (χ2n) is 9.38. The van der Waals surface area contributed by atoms with Gasteiger partial charge in [-0.25, -0.2) is 4.39 Å². The van der Waals surface area contributed by atoms with Gasteiger partial charge in [0.15, 0.2) is 0 Å². The summed E-state index contributed by atoms with van der Waals surface area (Å²) < 4.78 is 111. The van der Waals surface area contributed by atoms with E-state index in [4.69, 9.17) is 0 Å². The van der Waals surface area contributed by atoms with E-state index >= 15 is 0 Å². The Morgan fingerprint density at radius 2 is 1.82 bits per heavy atom. The largest absolute Gasteiger partial charge is 0.461 e. The maximum atomic E-state index is 14.9. The van der Waals surface area contributed by atoms with Gasteiger partial charge >= 0.3 is 18.7 Å². The molecule has 1 aromatic rings. The van der Waals surface area contributed by atoms with Crippen molar-refractivity contribution in [1.82, 2.24) is 5.32 Å². The van der Waals surface area contributed by atoms with Crippen molar-refractivity contribution in [3.8, 4) is 6.07 Å². The van der Waals surface area contributed by atoms with Crippen LogP contribution in [-0.2, 0) is 11.2 Å². The molecule has 0 aromatic heterocycles. The molecule has 0 saturated heterocycles. The fourth-order valence-corrected chi connectivity index (χ4v) is 4.72. The Kier molecular flexibility index (Phi) is 9.61. The van der Waals surface area contributed by atoms with Crippen molar-refractivity contribution in [2.24, 2.45) is 5.92 Å². The standard InChI is InChI=1S/C27H26F8N2O2/c28-21-10-20(11-23(12-21)39-27(34,35)24(29)30)25(13-17-4-2-1-3-5-17,19-8-6-18(15-36)7-9-19)37-16-22(38)14-26(31,32)33/h1-8,11-12,19,21-22,24,37-38H,9-10,13-14,16H2/t19?,21?,22-,25-/m1/s1. The van der Waals surface area contributed by atoms with Gasteiger partial charge in [-0.2, -0.15) is 36.0 Å². The van der Waals surface area contributed by atoms with Crippen LogP contribution in [0.15, 0.2) is 77.6 Å². The summed E-state index contributed by atoms with van der Waals surface area (Å²) in [6.45, 7) is -0.618. The van der Waals surface area contributed by atoms with E-state index in [1.54, 1.807) is 42.5 Å². The third-order valence-electron chi connectivity index (χ3n) is 6.47. The van der Waals surface area contributed by atoms with E-state index < -0.39 is 67.6 Å². The third kappa shape index (κ3) is 8.16. The van der Waals surface area contributed by atoms with Crippen molar-refractivity contribution in [2.75, 3.05) is 6.54 Å². The molecule has 2 unspecified atom stereocenters. The minimum atomic E-state index is -4.92. The number of rotatable bonds is 11. The molecule has 0 heterocycles. The van der Waals surface area contributed by atoms with Gasteiger partial charge < -0.3 is 15.2 Å². The van der Waals surface area contributed by atoms with Gasteiger partial charge in [0, 0.05) is 24.5 Å². The Balaban J connectivity index is 2.11. The summed E-state index contributed by atoms with van der Waals surface area (Å²) in [5.74, 6) is -1.53. The van der Waals surface area contributed by atoms with Crippen molar-refractivity contribution >= 4 is 0 Å². The molecule has 3 rings (SSSR count). The van der Waals surface area contributed by atoms with Crippen LogP contribution in [0, 0.1) is 17.2 Å². The summed E-state index contributed by atoms with van der Waals surface area (Å²) >= 11 is 0. The summed E-state index contributed by atoms with van der Waals surface area (Å²) in [4.78, 5) is 0. The van der Waals surface area contributed by atoms with Gasteiger partial charge in [0.25, 0.3) is 0 Å². The molecule has 0 amide bonds. The van der Waals surface area contributed by atoms with E-state index in [2.05, 4.69) is 10.1 Å². The molecule has 212 valence electrons. The molecule has 2 aliphatic rings. The highest BCUT2D eigenvalue weighted by Crippen LogP contribution is 2.42. The minimum absolute atomic E-state index is 0.00557. The van der Waals surface area contributed by atoms with Gasteiger partial charge in [-0.3, -0.25) is 0 Å². The first-order chi connectivity index (χ1) is 18.2. The van der Waals surface area contributed by atoms with Crippen LogP contribution in [0.25, 0.3) is 0 Å². The zero-order chi connectivity index (χ0) is 28.8. The number of nitrogens with zero attached hydrogens (tertiary/aromatic N) is 1. The molecule has 0 spiro atoms. The number of nitriles is 1. The van der Waals surface area contributed by atoms with Crippen molar-refractivity contribution < 1.29 is 45.0 Å². The molecule has 1 aromatic carbocycles. The first-order valence-corrected chi connectivity index (χ1v) is 12.0. The van der Waals surface area contributed by atoms with E-state index in [-0.39, 0.29) is 18.4 Å². The molecule has 12 heteroatoms. The highest BCUT2D eigenvalue weighted by Gasteiger charge is 2.47. The average Bonchev–Trinajstić information content (AvgIpc) is 2.85. The summed E-state index contributed by atoms with van der Waals surface area (Å²) in [6.07, 6.45) is -13.2. The van der Waals surface area contributed by atoms with Gasteiger partial charge in [0.05, 0.1) is 24.1 Å². The lowest BCUT2D eigenvalue weighted by molar-refractivity contribution is -0.280. The molecule has 2 N–H and O–H groups in total. The molecule has 39 heavy (non-hydrogen) atoms. The number of halogens is 8. The Bertz CT molecular complexity index is 1150. The van der Waals surface area contributed by atoms with Crippen LogP contribution >= 0.6 is 0 Å². The average molecular weight is 563 g/mol. The SMILES string of the molecule is N#CC1=CCC([C@@](Cc2ccccc2)(NC[C@H](O)CC(F)(F)F)C2=CC(OC(F)(F)C(F)F)=CC(F)C2)C=C1. The van der Waals surface area contributed by atoms with Crippen LogP contribution in [0.5, 0.6) is 0 Å². The number of benzene rings is 1. The summed E-state index contributed by atoms with van der Waals surface area (Å²) in [5, 5.41) is 22.3. The normalized spacial score (nSPS) is 22.3. The molecule has 0 bridgehead atoms. The van der Waals surface area contributed by atoms with Crippen LogP contribution in [0.3, 0.4) is 0 Å². The van der Waals surface area contributed by atoms with E-state index in [9.17, 15) is 45.5 Å². The number of alkyl halides is 8. The number of ether oxygens (including phenoxy) is 1. The smallest absolute Gasteiger partial charge is 0.429 e. The monoisotopic (exact) mass is 562 g/mol. The first kappa shape index (κ1) is 30.4. The maximum absolute atomic E-state index is 14.9. The molecular weight excluding hydrogens is 536 g/mol. The quantitative estimate of drug-likeness (QED) is 0.310. The molecule has 0 aliphatic heterocycles. The van der Waals surface area contributed by atoms with Gasteiger partial charge in [0.1, 0.15) is 11.9 Å². The lowest BCUT2D eigenvalue weighted by atomic mass is 9.68. The van der Waals surface area contributed by atoms with E-state index in [1.165, 1.54) is 6.08 Å². The highest BCUT2D eigenvalue weighted by atomic mass is 19.4. The van der Waals surface area contributed by atoms with Crippen LogP contribution in [0.4, 0.5) is 35.1 Å². The second kappa shape index (κ2) is 12.3. The topological polar surface area (TPSA) is 65.3 Å². The van der Waals surface area contributed by atoms with Gasteiger partial charge in [-0.1, -0.05) is 42.5 Å². The number of nitrogens with one attached hydrogen (secondary N) is 1.